The first-order valence-corrected chi connectivity index (χ1v) is 8.12. The highest BCUT2D eigenvalue weighted by atomic mass is 35.5. The Morgan fingerprint density at radius 3 is 2.67 bits per heavy atom. The topological polar surface area (TPSA) is 57.6 Å². The first-order valence-electron chi connectivity index (χ1n) is 6.93. The number of carbonyl (C=O) groups excluding carboxylic acids is 2. The minimum atomic E-state index is -0.571. The Kier molecular flexibility index (Phi) is 4.59. The van der Waals surface area contributed by atoms with Crippen LogP contribution in [0.15, 0.2) is 47.4 Å². The maximum absolute atomic E-state index is 13.9. The Morgan fingerprint density at radius 1 is 1.21 bits per heavy atom. The molecule has 2 aromatic carbocycles. The number of hydrogen-bond acceptors (Lipinski definition) is 4. The first-order chi connectivity index (χ1) is 11.5. The van der Waals surface area contributed by atoms with Crippen LogP contribution in [0.25, 0.3) is 6.08 Å². The van der Waals surface area contributed by atoms with Gasteiger partial charge in [-0.2, -0.15) is 0 Å². The number of aromatic hydroxyl groups is 1. The van der Waals surface area contributed by atoms with Gasteiger partial charge in [-0.25, -0.2) is 4.39 Å². The van der Waals surface area contributed by atoms with E-state index in [4.69, 9.17) is 11.6 Å². The Morgan fingerprint density at radius 2 is 1.96 bits per heavy atom. The van der Waals surface area contributed by atoms with Gasteiger partial charge >= 0.3 is 0 Å². The van der Waals surface area contributed by atoms with Crippen LogP contribution >= 0.6 is 23.4 Å². The van der Waals surface area contributed by atoms with Crippen LogP contribution in [0.1, 0.15) is 11.1 Å². The molecule has 3 rings (SSSR count). The van der Waals surface area contributed by atoms with Crippen molar-refractivity contribution in [2.24, 2.45) is 0 Å². The maximum atomic E-state index is 13.9. The maximum Gasteiger partial charge on any atom is 0.293 e. The van der Waals surface area contributed by atoms with Gasteiger partial charge < -0.3 is 5.11 Å². The van der Waals surface area contributed by atoms with Crippen LogP contribution in [0.4, 0.5) is 9.18 Å². The minimum absolute atomic E-state index is 0.0566. The van der Waals surface area contributed by atoms with Crippen LogP contribution in [-0.4, -0.2) is 21.2 Å². The second-order valence-electron chi connectivity index (χ2n) is 5.06. The molecule has 0 unspecified atom stereocenters. The molecule has 0 aromatic heterocycles. The lowest BCUT2D eigenvalue weighted by molar-refractivity contribution is -0.123. The van der Waals surface area contributed by atoms with Crippen LogP contribution in [0, 0.1) is 5.82 Å². The van der Waals surface area contributed by atoms with Crippen molar-refractivity contribution in [1.29, 1.82) is 0 Å². The number of nitrogens with zero attached hydrogens (tertiary/aromatic N) is 1. The van der Waals surface area contributed by atoms with Crippen LogP contribution in [0.3, 0.4) is 0 Å². The molecule has 0 bridgehead atoms. The largest absolute Gasteiger partial charge is 0.508 e. The molecule has 1 heterocycles. The predicted molar refractivity (Wildman–Crippen MR) is 91.0 cm³/mol. The van der Waals surface area contributed by atoms with E-state index in [0.29, 0.717) is 5.56 Å². The van der Waals surface area contributed by atoms with E-state index in [1.54, 1.807) is 12.1 Å². The molecule has 0 radical (unpaired) electrons. The number of phenolic OH excluding ortho intramolecular Hbond substituents is 1. The SMILES string of the molecule is O=C1SC(=Cc2cccc(O)c2)C(=O)N1Cc1c(F)cccc1Cl. The molecule has 0 aliphatic carbocycles. The molecule has 2 aromatic rings. The average Bonchev–Trinajstić information content (AvgIpc) is 2.78. The van der Waals surface area contributed by atoms with Gasteiger partial charge in [0.1, 0.15) is 11.6 Å². The number of amides is 2. The third-order valence-electron chi connectivity index (χ3n) is 3.42. The van der Waals surface area contributed by atoms with Gasteiger partial charge in [0.2, 0.25) is 0 Å². The van der Waals surface area contributed by atoms with Crippen LogP contribution in [0.2, 0.25) is 5.02 Å². The van der Waals surface area contributed by atoms with E-state index in [0.717, 1.165) is 16.7 Å². The van der Waals surface area contributed by atoms with E-state index in [1.807, 2.05) is 0 Å². The number of imide groups is 1. The molecule has 1 aliphatic rings. The van der Waals surface area contributed by atoms with E-state index in [1.165, 1.54) is 36.4 Å². The second kappa shape index (κ2) is 6.67. The van der Waals surface area contributed by atoms with Gasteiger partial charge in [0.15, 0.2) is 0 Å². The molecular formula is C17H11ClFNO3S. The zero-order chi connectivity index (χ0) is 17.3. The number of carbonyl (C=O) groups is 2. The lowest BCUT2D eigenvalue weighted by Gasteiger charge is -2.14. The van der Waals surface area contributed by atoms with Crippen molar-refractivity contribution in [3.05, 3.63) is 69.3 Å². The van der Waals surface area contributed by atoms with E-state index in [2.05, 4.69) is 0 Å². The monoisotopic (exact) mass is 363 g/mol. The summed E-state index contributed by atoms with van der Waals surface area (Å²) in [6.07, 6.45) is 1.51. The van der Waals surface area contributed by atoms with Crippen LogP contribution in [-0.2, 0) is 11.3 Å². The molecule has 122 valence electrons. The average molecular weight is 364 g/mol. The number of halogens is 2. The summed E-state index contributed by atoms with van der Waals surface area (Å²) in [7, 11) is 0. The van der Waals surface area contributed by atoms with E-state index >= 15 is 0 Å². The van der Waals surface area contributed by atoms with Gasteiger partial charge in [-0.1, -0.05) is 29.8 Å². The molecule has 0 saturated carbocycles. The first kappa shape index (κ1) is 16.5. The molecule has 2 amide bonds. The van der Waals surface area contributed by atoms with Gasteiger partial charge in [0.05, 0.1) is 11.4 Å². The summed E-state index contributed by atoms with van der Waals surface area (Å²) in [4.78, 5) is 25.7. The van der Waals surface area contributed by atoms with Crippen LogP contribution < -0.4 is 0 Å². The van der Waals surface area contributed by atoms with Crippen molar-refractivity contribution < 1.29 is 19.1 Å². The van der Waals surface area contributed by atoms with Crippen molar-refractivity contribution in [2.75, 3.05) is 0 Å². The Hall–Kier alpha value is -2.31. The Labute approximate surface area is 146 Å². The van der Waals surface area contributed by atoms with Crippen molar-refractivity contribution in [3.63, 3.8) is 0 Å². The third-order valence-corrected chi connectivity index (χ3v) is 4.68. The molecule has 0 atom stereocenters. The summed E-state index contributed by atoms with van der Waals surface area (Å²) in [6.45, 7) is -0.229. The molecule has 0 spiro atoms. The van der Waals surface area contributed by atoms with Crippen LogP contribution in [0.5, 0.6) is 5.75 Å². The van der Waals surface area contributed by atoms with Gasteiger partial charge in [0, 0.05) is 10.6 Å². The lowest BCUT2D eigenvalue weighted by Crippen LogP contribution is -2.28. The van der Waals surface area contributed by atoms with Crippen molar-refractivity contribution in [2.45, 2.75) is 6.54 Å². The minimum Gasteiger partial charge on any atom is -0.508 e. The van der Waals surface area contributed by atoms with Crippen molar-refractivity contribution in [3.8, 4) is 5.75 Å². The normalized spacial score (nSPS) is 16.2. The number of rotatable bonds is 3. The molecule has 1 N–H and O–H groups in total. The Bertz CT molecular complexity index is 848. The smallest absolute Gasteiger partial charge is 0.293 e. The summed E-state index contributed by atoms with van der Waals surface area (Å²) in [5.41, 5.74) is 0.685. The van der Waals surface area contributed by atoms with Gasteiger partial charge in [-0.05, 0) is 47.7 Å². The fourth-order valence-electron chi connectivity index (χ4n) is 2.24. The zero-order valence-corrected chi connectivity index (χ0v) is 13.8. The highest BCUT2D eigenvalue weighted by Crippen LogP contribution is 2.34. The second-order valence-corrected chi connectivity index (χ2v) is 6.46. The standard InChI is InChI=1S/C17H11ClFNO3S/c18-13-5-2-6-14(19)12(13)9-20-16(22)15(24-17(20)23)8-10-3-1-4-11(21)7-10/h1-8,21H,9H2. The van der Waals surface area contributed by atoms with Crippen molar-refractivity contribution >= 4 is 40.6 Å². The van der Waals surface area contributed by atoms with Crippen molar-refractivity contribution in [1.82, 2.24) is 4.90 Å². The quantitative estimate of drug-likeness (QED) is 0.820. The molecule has 1 aliphatic heterocycles. The fourth-order valence-corrected chi connectivity index (χ4v) is 3.30. The van der Waals surface area contributed by atoms with Gasteiger partial charge in [0.25, 0.3) is 11.1 Å². The number of hydrogen-bond donors (Lipinski definition) is 1. The molecule has 24 heavy (non-hydrogen) atoms. The molecule has 1 saturated heterocycles. The highest BCUT2D eigenvalue weighted by Gasteiger charge is 2.35. The molecular weight excluding hydrogens is 353 g/mol. The van der Waals surface area contributed by atoms with E-state index < -0.39 is 17.0 Å². The number of phenols is 1. The summed E-state index contributed by atoms with van der Waals surface area (Å²) in [5.74, 6) is -1.03. The number of thioether (sulfide) groups is 1. The summed E-state index contributed by atoms with van der Waals surface area (Å²) in [5, 5.41) is 9.12. The summed E-state index contributed by atoms with van der Waals surface area (Å²) >= 11 is 6.71. The number of benzene rings is 2. The highest BCUT2D eigenvalue weighted by molar-refractivity contribution is 8.18. The summed E-state index contributed by atoms with van der Waals surface area (Å²) in [6, 6.07) is 10.5. The van der Waals surface area contributed by atoms with E-state index in [9.17, 15) is 19.1 Å². The fraction of sp³-hybridized carbons (Fsp3) is 0.0588. The molecule has 7 heteroatoms. The summed E-state index contributed by atoms with van der Waals surface area (Å²) < 4.78 is 13.9. The van der Waals surface area contributed by atoms with Gasteiger partial charge in [-0.15, -0.1) is 0 Å². The lowest BCUT2D eigenvalue weighted by atomic mass is 10.2. The van der Waals surface area contributed by atoms with E-state index in [-0.39, 0.29) is 27.8 Å². The zero-order valence-electron chi connectivity index (χ0n) is 12.2. The third kappa shape index (κ3) is 3.29. The molecule has 4 nitrogen and oxygen atoms in total. The Balaban J connectivity index is 1.87. The molecule has 1 fully saturated rings. The predicted octanol–water partition coefficient (Wildman–Crippen LogP) is 4.42. The van der Waals surface area contributed by atoms with Gasteiger partial charge in [-0.3, -0.25) is 14.5 Å².